The molecule has 18 heavy (non-hydrogen) atoms. The lowest BCUT2D eigenvalue weighted by Crippen LogP contribution is -2.36. The summed E-state index contributed by atoms with van der Waals surface area (Å²) < 4.78 is 5.33. The molecule has 2 rings (SSSR count). The van der Waals surface area contributed by atoms with Gasteiger partial charge in [0.15, 0.2) is 0 Å². The number of halogens is 1. The maximum absolute atomic E-state index is 10.9. The van der Waals surface area contributed by atoms with Crippen molar-refractivity contribution in [2.45, 2.75) is 18.9 Å². The molecule has 1 aliphatic heterocycles. The van der Waals surface area contributed by atoms with E-state index in [2.05, 4.69) is 4.90 Å². The standard InChI is InChI=1S/C13H16ClNO3/c1-15(9-4-6-18-7-5-9)10-2-3-11(13(16)17)12(14)8-10/h2-3,8-9H,4-7H2,1H3,(H,16,17). The Morgan fingerprint density at radius 3 is 2.67 bits per heavy atom. The highest BCUT2D eigenvalue weighted by Gasteiger charge is 2.19. The molecule has 5 heteroatoms. The lowest BCUT2D eigenvalue weighted by molar-refractivity contribution is 0.0697. The zero-order valence-electron chi connectivity index (χ0n) is 10.2. The minimum atomic E-state index is -1.000. The normalized spacial score (nSPS) is 16.6. The minimum Gasteiger partial charge on any atom is -0.478 e. The van der Waals surface area contributed by atoms with Crippen molar-refractivity contribution in [2.24, 2.45) is 0 Å². The van der Waals surface area contributed by atoms with Crippen LogP contribution in [0, 0.1) is 0 Å². The molecule has 0 aliphatic carbocycles. The van der Waals surface area contributed by atoms with Gasteiger partial charge in [-0.3, -0.25) is 0 Å². The van der Waals surface area contributed by atoms with E-state index in [1.165, 1.54) is 0 Å². The van der Waals surface area contributed by atoms with Gasteiger partial charge in [0.25, 0.3) is 0 Å². The summed E-state index contributed by atoms with van der Waals surface area (Å²) in [6, 6.07) is 5.48. The molecular weight excluding hydrogens is 254 g/mol. The van der Waals surface area contributed by atoms with E-state index >= 15 is 0 Å². The number of nitrogens with zero attached hydrogens (tertiary/aromatic N) is 1. The Morgan fingerprint density at radius 2 is 2.11 bits per heavy atom. The number of anilines is 1. The fourth-order valence-electron chi connectivity index (χ4n) is 2.18. The molecule has 0 radical (unpaired) electrons. The van der Waals surface area contributed by atoms with Gasteiger partial charge in [-0.2, -0.15) is 0 Å². The summed E-state index contributed by atoms with van der Waals surface area (Å²) in [5.41, 5.74) is 1.08. The molecule has 0 amide bonds. The van der Waals surface area contributed by atoms with Crippen molar-refractivity contribution in [1.29, 1.82) is 0 Å². The molecule has 1 aromatic rings. The quantitative estimate of drug-likeness (QED) is 0.917. The number of benzene rings is 1. The summed E-state index contributed by atoms with van der Waals surface area (Å²) in [6.45, 7) is 1.55. The van der Waals surface area contributed by atoms with Gasteiger partial charge < -0.3 is 14.7 Å². The predicted octanol–water partition coefficient (Wildman–Crippen LogP) is 2.65. The van der Waals surface area contributed by atoms with Gasteiger partial charge in [-0.25, -0.2) is 4.79 Å². The smallest absolute Gasteiger partial charge is 0.337 e. The third-order valence-electron chi connectivity index (χ3n) is 3.33. The van der Waals surface area contributed by atoms with Crippen LogP contribution >= 0.6 is 11.6 Å². The molecule has 0 unspecified atom stereocenters. The Bertz CT molecular complexity index is 444. The highest BCUT2D eigenvalue weighted by Crippen LogP contribution is 2.26. The number of hydrogen-bond donors (Lipinski definition) is 1. The highest BCUT2D eigenvalue weighted by molar-refractivity contribution is 6.33. The number of carboxylic acid groups (broad SMARTS) is 1. The zero-order chi connectivity index (χ0) is 13.1. The Kier molecular flexibility index (Phi) is 4.09. The van der Waals surface area contributed by atoms with Crippen LogP contribution in [0.3, 0.4) is 0 Å². The van der Waals surface area contributed by atoms with Gasteiger partial charge in [-0.05, 0) is 31.0 Å². The Balaban J connectivity index is 2.17. The molecule has 1 saturated heterocycles. The van der Waals surface area contributed by atoms with Crippen molar-refractivity contribution in [3.8, 4) is 0 Å². The summed E-state index contributed by atoms with van der Waals surface area (Å²) in [4.78, 5) is 13.0. The van der Waals surface area contributed by atoms with E-state index in [9.17, 15) is 4.79 Å². The number of rotatable bonds is 3. The Labute approximate surface area is 111 Å². The first-order valence-electron chi connectivity index (χ1n) is 5.93. The van der Waals surface area contributed by atoms with Crippen LogP contribution in [0.15, 0.2) is 18.2 Å². The molecular formula is C13H16ClNO3. The van der Waals surface area contributed by atoms with Crippen LogP contribution in [0.4, 0.5) is 5.69 Å². The average Bonchev–Trinajstić information content (AvgIpc) is 2.38. The van der Waals surface area contributed by atoms with Crippen molar-refractivity contribution in [1.82, 2.24) is 0 Å². The van der Waals surface area contributed by atoms with Crippen LogP contribution < -0.4 is 4.90 Å². The van der Waals surface area contributed by atoms with E-state index in [0.29, 0.717) is 6.04 Å². The van der Waals surface area contributed by atoms with Gasteiger partial charge in [0, 0.05) is 32.0 Å². The van der Waals surface area contributed by atoms with Crippen LogP contribution in [-0.2, 0) is 4.74 Å². The lowest BCUT2D eigenvalue weighted by Gasteiger charge is -2.33. The van der Waals surface area contributed by atoms with Crippen LogP contribution in [0.25, 0.3) is 0 Å². The van der Waals surface area contributed by atoms with Gasteiger partial charge in [-0.1, -0.05) is 11.6 Å². The Hall–Kier alpha value is -1.26. The molecule has 1 N–H and O–H groups in total. The number of carbonyl (C=O) groups is 1. The molecule has 1 fully saturated rings. The van der Waals surface area contributed by atoms with Crippen LogP contribution in [-0.4, -0.2) is 37.4 Å². The molecule has 0 aromatic heterocycles. The maximum Gasteiger partial charge on any atom is 0.337 e. The van der Waals surface area contributed by atoms with E-state index in [1.807, 2.05) is 7.05 Å². The van der Waals surface area contributed by atoms with E-state index in [0.717, 1.165) is 31.7 Å². The first-order chi connectivity index (χ1) is 8.59. The van der Waals surface area contributed by atoms with Gasteiger partial charge in [0.2, 0.25) is 0 Å². The molecule has 1 aliphatic rings. The third kappa shape index (κ3) is 2.76. The molecule has 4 nitrogen and oxygen atoms in total. The fraction of sp³-hybridized carbons (Fsp3) is 0.462. The van der Waals surface area contributed by atoms with Crippen LogP contribution in [0.1, 0.15) is 23.2 Å². The predicted molar refractivity (Wildman–Crippen MR) is 70.7 cm³/mol. The van der Waals surface area contributed by atoms with Crippen molar-refractivity contribution in [3.63, 3.8) is 0 Å². The largest absolute Gasteiger partial charge is 0.478 e. The average molecular weight is 270 g/mol. The second-order valence-corrected chi connectivity index (χ2v) is 4.83. The van der Waals surface area contributed by atoms with Crippen molar-refractivity contribution >= 4 is 23.3 Å². The molecule has 1 heterocycles. The van der Waals surface area contributed by atoms with Gasteiger partial charge in [-0.15, -0.1) is 0 Å². The van der Waals surface area contributed by atoms with E-state index in [4.69, 9.17) is 21.4 Å². The Morgan fingerprint density at radius 1 is 1.44 bits per heavy atom. The summed E-state index contributed by atoms with van der Waals surface area (Å²) in [5.74, 6) is -1.000. The summed E-state index contributed by atoms with van der Waals surface area (Å²) in [5, 5.41) is 9.21. The van der Waals surface area contributed by atoms with Crippen LogP contribution in [0.5, 0.6) is 0 Å². The maximum atomic E-state index is 10.9. The molecule has 0 saturated carbocycles. The monoisotopic (exact) mass is 269 g/mol. The first kappa shape index (κ1) is 13.2. The SMILES string of the molecule is CN(c1ccc(C(=O)O)c(Cl)c1)C1CCOCC1. The molecule has 98 valence electrons. The highest BCUT2D eigenvalue weighted by atomic mass is 35.5. The van der Waals surface area contributed by atoms with E-state index in [1.54, 1.807) is 18.2 Å². The lowest BCUT2D eigenvalue weighted by atomic mass is 10.1. The van der Waals surface area contributed by atoms with Crippen molar-refractivity contribution < 1.29 is 14.6 Å². The number of hydrogen-bond acceptors (Lipinski definition) is 3. The van der Waals surface area contributed by atoms with Gasteiger partial charge in [0.05, 0.1) is 10.6 Å². The summed E-state index contributed by atoms with van der Waals surface area (Å²) in [6.07, 6.45) is 1.96. The molecule has 1 aromatic carbocycles. The molecule has 0 spiro atoms. The topological polar surface area (TPSA) is 49.8 Å². The van der Waals surface area contributed by atoms with Gasteiger partial charge in [0.1, 0.15) is 0 Å². The van der Waals surface area contributed by atoms with E-state index in [-0.39, 0.29) is 10.6 Å². The minimum absolute atomic E-state index is 0.140. The van der Waals surface area contributed by atoms with Gasteiger partial charge >= 0.3 is 5.97 Å². The summed E-state index contributed by atoms with van der Waals surface area (Å²) in [7, 11) is 2.00. The number of ether oxygens (including phenoxy) is 1. The number of aromatic carboxylic acids is 1. The third-order valence-corrected chi connectivity index (χ3v) is 3.64. The van der Waals surface area contributed by atoms with Crippen LogP contribution in [0.2, 0.25) is 5.02 Å². The van der Waals surface area contributed by atoms with E-state index < -0.39 is 5.97 Å². The van der Waals surface area contributed by atoms with Crippen molar-refractivity contribution in [3.05, 3.63) is 28.8 Å². The zero-order valence-corrected chi connectivity index (χ0v) is 11.0. The fourth-order valence-corrected chi connectivity index (χ4v) is 2.44. The molecule has 0 atom stereocenters. The summed E-state index contributed by atoms with van der Waals surface area (Å²) >= 11 is 5.98. The number of carboxylic acids is 1. The second-order valence-electron chi connectivity index (χ2n) is 4.42. The second kappa shape index (κ2) is 5.59. The van der Waals surface area contributed by atoms with Crippen molar-refractivity contribution in [2.75, 3.05) is 25.2 Å². The first-order valence-corrected chi connectivity index (χ1v) is 6.31. The molecule has 0 bridgehead atoms.